The molecule has 0 aliphatic carbocycles. The molecule has 106 valence electrons. The van der Waals surface area contributed by atoms with Crippen molar-refractivity contribution >= 4 is 33.3 Å². The third kappa shape index (κ3) is 2.86. The van der Waals surface area contributed by atoms with Gasteiger partial charge < -0.3 is 0 Å². The van der Waals surface area contributed by atoms with Gasteiger partial charge in [0.05, 0.1) is 9.82 Å². The largest absolute Gasteiger partial charge is 0.289 e. The minimum Gasteiger partial charge on any atom is -0.261 e. The molecule has 1 heterocycles. The Morgan fingerprint density at radius 1 is 1.45 bits per heavy atom. The van der Waals surface area contributed by atoms with Crippen molar-refractivity contribution in [2.75, 3.05) is 4.72 Å². The van der Waals surface area contributed by atoms with E-state index in [2.05, 4.69) is 19.9 Å². The number of aryl methyl sites for hydroxylation is 1. The van der Waals surface area contributed by atoms with Crippen LogP contribution in [0.15, 0.2) is 23.1 Å². The highest BCUT2D eigenvalue weighted by atomic mass is 35.5. The molecular formula is C9H8ClN5O4S. The Kier molecular flexibility index (Phi) is 3.59. The lowest BCUT2D eigenvalue weighted by Gasteiger charge is -2.04. The number of halogens is 1. The lowest BCUT2D eigenvalue weighted by Crippen LogP contribution is -2.14. The standard InChI is InChI=1S/C9H8ClN5O4S/c1-5-11-9(13-12-5)14-20(18,19)6-2-3-7(10)8(4-6)15(16)17/h2-4H,1H3,(H2,11,12,13,14). The number of anilines is 1. The van der Waals surface area contributed by atoms with Gasteiger partial charge in [0.15, 0.2) is 0 Å². The molecule has 1 aromatic heterocycles. The van der Waals surface area contributed by atoms with Crippen LogP contribution in [0, 0.1) is 17.0 Å². The zero-order valence-electron chi connectivity index (χ0n) is 9.99. The summed E-state index contributed by atoms with van der Waals surface area (Å²) in [6.07, 6.45) is 0. The molecule has 9 nitrogen and oxygen atoms in total. The molecule has 0 unspecified atom stereocenters. The topological polar surface area (TPSA) is 131 Å². The van der Waals surface area contributed by atoms with E-state index in [1.165, 1.54) is 0 Å². The molecule has 0 fully saturated rings. The number of benzene rings is 1. The average Bonchev–Trinajstić information content (AvgIpc) is 2.73. The number of H-pyrrole nitrogens is 1. The van der Waals surface area contributed by atoms with Crippen molar-refractivity contribution in [1.29, 1.82) is 0 Å². The molecule has 0 amide bonds. The number of sulfonamides is 1. The van der Waals surface area contributed by atoms with Gasteiger partial charge in [0.1, 0.15) is 10.8 Å². The normalized spacial score (nSPS) is 11.3. The Hall–Kier alpha value is -2.20. The third-order valence-electron chi connectivity index (χ3n) is 2.25. The van der Waals surface area contributed by atoms with Gasteiger partial charge >= 0.3 is 0 Å². The predicted octanol–water partition coefficient (Wildman–Crippen LogP) is 1.48. The maximum Gasteiger partial charge on any atom is 0.289 e. The summed E-state index contributed by atoms with van der Waals surface area (Å²) < 4.78 is 26.1. The van der Waals surface area contributed by atoms with Crippen LogP contribution in [0.2, 0.25) is 5.02 Å². The number of nitro groups is 1. The highest BCUT2D eigenvalue weighted by molar-refractivity contribution is 7.92. The Bertz CT molecular complexity index is 772. The summed E-state index contributed by atoms with van der Waals surface area (Å²) in [6, 6.07) is 3.15. The monoisotopic (exact) mass is 317 g/mol. The molecular weight excluding hydrogens is 310 g/mol. The molecule has 11 heteroatoms. The second-order valence-electron chi connectivity index (χ2n) is 3.72. The summed E-state index contributed by atoms with van der Waals surface area (Å²) >= 11 is 5.62. The molecule has 0 spiro atoms. The zero-order chi connectivity index (χ0) is 14.9. The van der Waals surface area contributed by atoms with Gasteiger partial charge in [-0.1, -0.05) is 11.6 Å². The Morgan fingerprint density at radius 3 is 2.70 bits per heavy atom. The first-order valence-electron chi connectivity index (χ1n) is 5.15. The lowest BCUT2D eigenvalue weighted by molar-refractivity contribution is -0.384. The van der Waals surface area contributed by atoms with Gasteiger partial charge in [-0.25, -0.2) is 13.1 Å². The van der Waals surface area contributed by atoms with Gasteiger partial charge in [-0.2, -0.15) is 4.98 Å². The SMILES string of the molecule is Cc1nc(NS(=O)(=O)c2ccc(Cl)c([N+](=O)[O-])c2)n[nH]1. The quantitative estimate of drug-likeness (QED) is 0.648. The number of hydrogen-bond donors (Lipinski definition) is 2. The van der Waals surface area contributed by atoms with Crippen LogP contribution < -0.4 is 4.72 Å². The van der Waals surface area contributed by atoms with Gasteiger partial charge in [0.25, 0.3) is 21.7 Å². The van der Waals surface area contributed by atoms with Crippen LogP contribution in [0.25, 0.3) is 0 Å². The molecule has 20 heavy (non-hydrogen) atoms. The van der Waals surface area contributed by atoms with Crippen molar-refractivity contribution in [2.45, 2.75) is 11.8 Å². The van der Waals surface area contributed by atoms with Gasteiger partial charge in [-0.05, 0) is 19.1 Å². The van der Waals surface area contributed by atoms with E-state index in [0.29, 0.717) is 5.82 Å². The molecule has 2 N–H and O–H groups in total. The number of rotatable bonds is 4. The number of aromatic nitrogens is 3. The maximum atomic E-state index is 12.0. The zero-order valence-corrected chi connectivity index (χ0v) is 11.6. The molecule has 0 bridgehead atoms. The van der Waals surface area contributed by atoms with Crippen molar-refractivity contribution in [3.8, 4) is 0 Å². The van der Waals surface area contributed by atoms with Crippen molar-refractivity contribution in [2.24, 2.45) is 0 Å². The molecule has 0 saturated carbocycles. The smallest absolute Gasteiger partial charge is 0.261 e. The molecule has 0 aliphatic rings. The van der Waals surface area contributed by atoms with E-state index in [4.69, 9.17) is 11.6 Å². The van der Waals surface area contributed by atoms with Gasteiger partial charge in [0.2, 0.25) is 0 Å². The minimum atomic E-state index is -4.03. The van der Waals surface area contributed by atoms with E-state index in [-0.39, 0.29) is 15.9 Å². The molecule has 0 radical (unpaired) electrons. The summed E-state index contributed by atoms with van der Waals surface area (Å²) in [5.41, 5.74) is -0.499. The summed E-state index contributed by atoms with van der Waals surface area (Å²) in [5.74, 6) is 0.268. The summed E-state index contributed by atoms with van der Waals surface area (Å²) in [6.45, 7) is 1.60. The fraction of sp³-hybridized carbons (Fsp3) is 0.111. The fourth-order valence-corrected chi connectivity index (χ4v) is 2.52. The van der Waals surface area contributed by atoms with Crippen LogP contribution in [0.5, 0.6) is 0 Å². The van der Waals surface area contributed by atoms with Gasteiger partial charge in [0, 0.05) is 6.07 Å². The van der Waals surface area contributed by atoms with Crippen LogP contribution in [0.1, 0.15) is 5.82 Å². The average molecular weight is 318 g/mol. The van der Waals surface area contributed by atoms with E-state index >= 15 is 0 Å². The molecule has 0 aliphatic heterocycles. The lowest BCUT2D eigenvalue weighted by atomic mass is 10.3. The van der Waals surface area contributed by atoms with Crippen molar-refractivity contribution < 1.29 is 13.3 Å². The summed E-state index contributed by atoms with van der Waals surface area (Å²) in [7, 11) is -4.03. The Morgan fingerprint density at radius 2 is 2.15 bits per heavy atom. The first-order valence-corrected chi connectivity index (χ1v) is 7.01. The second-order valence-corrected chi connectivity index (χ2v) is 5.81. The number of nitro benzene ring substituents is 1. The van der Waals surface area contributed by atoms with Crippen LogP contribution in [-0.4, -0.2) is 28.5 Å². The maximum absolute atomic E-state index is 12.0. The molecule has 0 atom stereocenters. The number of nitrogens with zero attached hydrogens (tertiary/aromatic N) is 3. The van der Waals surface area contributed by atoms with E-state index in [1.54, 1.807) is 6.92 Å². The van der Waals surface area contributed by atoms with Crippen molar-refractivity contribution in [3.63, 3.8) is 0 Å². The highest BCUT2D eigenvalue weighted by Gasteiger charge is 2.21. The number of aromatic amines is 1. The van der Waals surface area contributed by atoms with Crippen LogP contribution in [0.4, 0.5) is 11.6 Å². The number of hydrogen-bond acceptors (Lipinski definition) is 6. The van der Waals surface area contributed by atoms with E-state index < -0.39 is 20.6 Å². The fourth-order valence-electron chi connectivity index (χ4n) is 1.37. The highest BCUT2D eigenvalue weighted by Crippen LogP contribution is 2.27. The van der Waals surface area contributed by atoms with Crippen LogP contribution >= 0.6 is 11.6 Å². The van der Waals surface area contributed by atoms with Crippen LogP contribution in [0.3, 0.4) is 0 Å². The van der Waals surface area contributed by atoms with E-state index in [0.717, 1.165) is 18.2 Å². The van der Waals surface area contributed by atoms with E-state index in [9.17, 15) is 18.5 Å². The van der Waals surface area contributed by atoms with Gasteiger partial charge in [-0.3, -0.25) is 15.2 Å². The van der Waals surface area contributed by atoms with Crippen molar-refractivity contribution in [1.82, 2.24) is 15.2 Å². The van der Waals surface area contributed by atoms with Gasteiger partial charge in [-0.15, -0.1) is 5.10 Å². The predicted molar refractivity (Wildman–Crippen MR) is 70.0 cm³/mol. The minimum absolute atomic E-state index is 0.150. The molecule has 1 aromatic carbocycles. The van der Waals surface area contributed by atoms with Crippen molar-refractivity contribution in [3.05, 3.63) is 39.2 Å². The molecule has 0 saturated heterocycles. The third-order valence-corrected chi connectivity index (χ3v) is 3.89. The summed E-state index contributed by atoms with van der Waals surface area (Å²) in [5, 5.41) is 16.7. The Balaban J connectivity index is 2.39. The second kappa shape index (κ2) is 5.06. The van der Waals surface area contributed by atoms with Crippen LogP contribution in [-0.2, 0) is 10.0 Å². The number of nitrogens with one attached hydrogen (secondary N) is 2. The first kappa shape index (κ1) is 14.2. The Labute approximate surface area is 118 Å². The summed E-state index contributed by atoms with van der Waals surface area (Å²) in [4.78, 5) is 13.4. The first-order chi connectivity index (χ1) is 9.29. The molecule has 2 aromatic rings. The van der Waals surface area contributed by atoms with E-state index in [1.807, 2.05) is 0 Å². The molecule has 2 rings (SSSR count).